The highest BCUT2D eigenvalue weighted by Gasteiger charge is 2.07. The Bertz CT molecular complexity index is 498. The first-order valence-electron chi connectivity index (χ1n) is 4.24. The van der Waals surface area contributed by atoms with Crippen molar-refractivity contribution in [1.29, 1.82) is 0 Å². The van der Waals surface area contributed by atoms with Gasteiger partial charge < -0.3 is 4.98 Å². The van der Waals surface area contributed by atoms with Crippen LogP contribution in [-0.2, 0) is 0 Å². The van der Waals surface area contributed by atoms with Gasteiger partial charge in [0, 0.05) is 6.20 Å². The molecule has 0 aromatic carbocycles. The van der Waals surface area contributed by atoms with Gasteiger partial charge in [0.1, 0.15) is 13.6 Å². The van der Waals surface area contributed by atoms with Crippen LogP contribution in [0.1, 0.15) is 5.56 Å². The molecule has 0 fully saturated rings. The summed E-state index contributed by atoms with van der Waals surface area (Å²) < 4.78 is 0.327. The maximum atomic E-state index is 11.3. The van der Waals surface area contributed by atoms with Gasteiger partial charge in [0.05, 0.1) is 0 Å². The van der Waals surface area contributed by atoms with Crippen LogP contribution in [0.3, 0.4) is 0 Å². The molecule has 5 heteroatoms. The first kappa shape index (κ1) is 11.0. The molecule has 0 saturated carbocycles. The smallest absolute Gasteiger partial charge is 0.267 e. The van der Waals surface area contributed by atoms with E-state index >= 15 is 0 Å². The summed E-state index contributed by atoms with van der Waals surface area (Å²) in [7, 11) is -1.43. The van der Waals surface area contributed by atoms with E-state index in [2.05, 4.69) is 41.1 Å². The summed E-state index contributed by atoms with van der Waals surface area (Å²) in [5.74, 6) is 2.87. The molecule has 1 aromatic heterocycles. The molecule has 0 aliphatic heterocycles. The zero-order valence-electron chi connectivity index (χ0n) is 8.39. The third-order valence-electron chi connectivity index (χ3n) is 1.39. The first-order valence-corrected chi connectivity index (χ1v) is 8.14. The fourth-order valence-corrected chi connectivity index (χ4v) is 1.42. The van der Waals surface area contributed by atoms with Crippen LogP contribution in [0.25, 0.3) is 0 Å². The zero-order chi connectivity index (χ0) is 10.8. The summed E-state index contributed by atoms with van der Waals surface area (Å²) in [4.78, 5) is 16.6. The normalized spacial score (nSPS) is 10.5. The fourth-order valence-electron chi connectivity index (χ4n) is 0.757. The molecule has 0 aliphatic rings. The molecule has 1 rings (SSSR count). The van der Waals surface area contributed by atoms with E-state index in [9.17, 15) is 4.79 Å². The molecular formula is C9H12N2OSSi. The molecule has 0 radical (unpaired) electrons. The summed E-state index contributed by atoms with van der Waals surface area (Å²) >= 11 is 4.77. The third-order valence-corrected chi connectivity index (χ3v) is 2.49. The Morgan fingerprint density at radius 2 is 2.07 bits per heavy atom. The zero-order valence-corrected chi connectivity index (χ0v) is 10.2. The highest BCUT2D eigenvalue weighted by atomic mass is 32.1. The van der Waals surface area contributed by atoms with Crippen LogP contribution in [-0.4, -0.2) is 18.0 Å². The van der Waals surface area contributed by atoms with Crippen molar-refractivity contribution in [3.05, 3.63) is 26.9 Å². The lowest BCUT2D eigenvalue weighted by atomic mass is 10.4. The fraction of sp³-hybridized carbons (Fsp3) is 0.333. The largest absolute Gasteiger partial charge is 0.337 e. The van der Waals surface area contributed by atoms with Gasteiger partial charge in [-0.15, -0.1) is 5.54 Å². The monoisotopic (exact) mass is 224 g/mol. The van der Waals surface area contributed by atoms with Crippen LogP contribution >= 0.6 is 12.2 Å². The molecule has 2 N–H and O–H groups in total. The van der Waals surface area contributed by atoms with E-state index in [0.29, 0.717) is 10.3 Å². The van der Waals surface area contributed by atoms with Crippen LogP contribution in [0.15, 0.2) is 11.0 Å². The molecule has 3 nitrogen and oxygen atoms in total. The second-order valence-corrected chi connectivity index (χ2v) is 9.14. The van der Waals surface area contributed by atoms with E-state index in [1.54, 1.807) is 6.20 Å². The average molecular weight is 224 g/mol. The van der Waals surface area contributed by atoms with Gasteiger partial charge in [-0.25, -0.2) is 0 Å². The Balaban J connectivity index is 3.15. The number of aromatic amines is 2. The minimum atomic E-state index is -1.43. The quantitative estimate of drug-likeness (QED) is 0.400. The first-order chi connectivity index (χ1) is 6.38. The van der Waals surface area contributed by atoms with E-state index in [0.717, 1.165) is 0 Å². The molecule has 0 amide bonds. The molecule has 0 aliphatic carbocycles. The topological polar surface area (TPSA) is 48.6 Å². The standard InChI is InChI=1S/C9H12N2OSSi/c1-14(2,3)5-4-7-6-10-9(13)11-8(7)12/h6H,1-3H3,(H2,10,11,12,13). The Morgan fingerprint density at radius 3 is 2.57 bits per heavy atom. The van der Waals surface area contributed by atoms with E-state index < -0.39 is 8.07 Å². The van der Waals surface area contributed by atoms with Crippen molar-refractivity contribution in [2.75, 3.05) is 0 Å². The van der Waals surface area contributed by atoms with Gasteiger partial charge in [0.25, 0.3) is 5.56 Å². The number of rotatable bonds is 0. The third kappa shape index (κ3) is 3.32. The molecule has 0 unspecified atom stereocenters. The van der Waals surface area contributed by atoms with Gasteiger partial charge in [0.15, 0.2) is 4.77 Å². The lowest BCUT2D eigenvalue weighted by Gasteiger charge is -2.02. The summed E-state index contributed by atoms with van der Waals surface area (Å²) in [6.07, 6.45) is 1.55. The summed E-state index contributed by atoms with van der Waals surface area (Å²) in [5.41, 5.74) is 3.34. The second kappa shape index (κ2) is 3.94. The van der Waals surface area contributed by atoms with E-state index in [-0.39, 0.29) is 5.56 Å². The van der Waals surface area contributed by atoms with Crippen molar-refractivity contribution in [2.24, 2.45) is 0 Å². The Labute approximate surface area is 88.6 Å². The van der Waals surface area contributed by atoms with Crippen LogP contribution < -0.4 is 5.56 Å². The van der Waals surface area contributed by atoms with Gasteiger partial charge in [-0.3, -0.25) is 9.78 Å². The van der Waals surface area contributed by atoms with Crippen molar-refractivity contribution >= 4 is 20.3 Å². The minimum absolute atomic E-state index is 0.223. The second-order valence-electron chi connectivity index (χ2n) is 3.99. The maximum absolute atomic E-state index is 11.3. The van der Waals surface area contributed by atoms with Crippen molar-refractivity contribution in [1.82, 2.24) is 9.97 Å². The van der Waals surface area contributed by atoms with E-state index in [1.165, 1.54) is 0 Å². The molecule has 0 atom stereocenters. The van der Waals surface area contributed by atoms with Gasteiger partial charge in [0.2, 0.25) is 0 Å². The summed E-state index contributed by atoms with van der Waals surface area (Å²) in [5, 5.41) is 0. The van der Waals surface area contributed by atoms with Crippen molar-refractivity contribution in [2.45, 2.75) is 19.6 Å². The van der Waals surface area contributed by atoms with E-state index in [4.69, 9.17) is 12.2 Å². The lowest BCUT2D eigenvalue weighted by Crippen LogP contribution is -2.17. The van der Waals surface area contributed by atoms with Crippen LogP contribution in [0.2, 0.25) is 19.6 Å². The predicted octanol–water partition coefficient (Wildman–Crippen LogP) is 1.66. The number of aromatic nitrogens is 2. The molecule has 1 aromatic rings. The van der Waals surface area contributed by atoms with Crippen molar-refractivity contribution in [3.63, 3.8) is 0 Å². The predicted molar refractivity (Wildman–Crippen MR) is 62.5 cm³/mol. The van der Waals surface area contributed by atoms with Crippen LogP contribution in [0.5, 0.6) is 0 Å². The molecule has 1 heterocycles. The number of hydrogen-bond donors (Lipinski definition) is 2. The molecule has 74 valence electrons. The van der Waals surface area contributed by atoms with Gasteiger partial charge in [-0.1, -0.05) is 25.6 Å². The van der Waals surface area contributed by atoms with Gasteiger partial charge in [-0.05, 0) is 12.2 Å². The lowest BCUT2D eigenvalue weighted by molar-refractivity contribution is 1.08. The highest BCUT2D eigenvalue weighted by molar-refractivity contribution is 7.71. The average Bonchev–Trinajstić information content (AvgIpc) is 2.00. The number of hydrogen-bond acceptors (Lipinski definition) is 2. The SMILES string of the molecule is C[Si](C)(C)C#Cc1c[nH]c(=S)[nH]c1=O. The van der Waals surface area contributed by atoms with Crippen molar-refractivity contribution < 1.29 is 0 Å². The molecule has 0 spiro atoms. The Morgan fingerprint density at radius 1 is 1.43 bits per heavy atom. The summed E-state index contributed by atoms with van der Waals surface area (Å²) in [6, 6.07) is 0. The number of nitrogens with one attached hydrogen (secondary N) is 2. The molecular weight excluding hydrogens is 212 g/mol. The number of H-pyrrole nitrogens is 2. The Kier molecular flexibility index (Phi) is 3.09. The van der Waals surface area contributed by atoms with Gasteiger partial charge in [-0.2, -0.15) is 0 Å². The van der Waals surface area contributed by atoms with E-state index in [1.807, 2.05) is 0 Å². The summed E-state index contributed by atoms with van der Waals surface area (Å²) in [6.45, 7) is 6.37. The van der Waals surface area contributed by atoms with Crippen molar-refractivity contribution in [3.8, 4) is 11.5 Å². The minimum Gasteiger partial charge on any atom is -0.337 e. The molecule has 0 bridgehead atoms. The Hall–Kier alpha value is -1.12. The van der Waals surface area contributed by atoms with Crippen LogP contribution in [0, 0.1) is 16.2 Å². The van der Waals surface area contributed by atoms with Gasteiger partial charge >= 0.3 is 0 Å². The molecule has 14 heavy (non-hydrogen) atoms. The van der Waals surface area contributed by atoms with Crippen LogP contribution in [0.4, 0.5) is 0 Å². The maximum Gasteiger partial charge on any atom is 0.267 e. The molecule has 0 saturated heterocycles. The highest BCUT2D eigenvalue weighted by Crippen LogP contribution is 1.97.